The van der Waals surface area contributed by atoms with Gasteiger partial charge in [-0.2, -0.15) is 0 Å². The van der Waals surface area contributed by atoms with Crippen LogP contribution in [0.4, 0.5) is 0 Å². The van der Waals surface area contributed by atoms with E-state index in [0.717, 1.165) is 16.6 Å². The predicted octanol–water partition coefficient (Wildman–Crippen LogP) is 7.37. The third-order valence-corrected chi connectivity index (χ3v) is 5.50. The number of benzene rings is 3. The maximum absolute atomic E-state index is 10.9. The second-order valence-corrected chi connectivity index (χ2v) is 10.6. The number of nitrogens with zero attached hydrogens (tertiary/aromatic N) is 3. The number of phenols is 1. The molecule has 0 fully saturated rings. The minimum absolute atomic E-state index is 0.0572. The number of aromatic hydroxyl groups is 1. The molecular weight excluding hydrogens is 418 g/mol. The zero-order valence-electron chi connectivity index (χ0n) is 19.9. The van der Waals surface area contributed by atoms with Gasteiger partial charge in [0.1, 0.15) is 22.5 Å². The Morgan fingerprint density at radius 2 is 1.41 bits per heavy atom. The molecule has 0 saturated heterocycles. The Morgan fingerprint density at radius 3 is 1.94 bits per heavy atom. The van der Waals surface area contributed by atoms with Crippen molar-refractivity contribution in [3.05, 3.63) is 82.4 Å². The minimum atomic E-state index is -0.198. The number of rotatable bonds is 1. The fourth-order valence-electron chi connectivity index (χ4n) is 3.31. The van der Waals surface area contributed by atoms with Crippen molar-refractivity contribution < 1.29 is 5.11 Å². The maximum Gasteiger partial charge on any atom is 0.146 e. The first-order valence-corrected chi connectivity index (χ1v) is 11.2. The Hall–Kier alpha value is -2.85. The van der Waals surface area contributed by atoms with Gasteiger partial charge in [-0.15, -0.1) is 15.0 Å². The number of phenolic OH excluding ortho intramolecular Hbond substituents is 1. The molecule has 0 aliphatic carbocycles. The fourth-order valence-corrected chi connectivity index (χ4v) is 3.47. The number of fused-ring (bicyclic) bond motifs is 1. The standard InChI is InChI=1S/C20H24ClN3O.C7H8/c1-19(2,3)12-9-14(20(4,5)6)18(25)17(10-12)24-22-15-8-7-13(21)11-16(15)23-24;1-7-5-3-2-4-6-7/h7-11,25H,1-6H3;2-6H,1H3. The topological polar surface area (TPSA) is 50.9 Å². The van der Waals surface area contributed by atoms with Crippen molar-refractivity contribution in [3.63, 3.8) is 0 Å². The molecule has 0 unspecified atom stereocenters. The van der Waals surface area contributed by atoms with E-state index < -0.39 is 0 Å². The second kappa shape index (κ2) is 8.95. The average Bonchev–Trinajstić information content (AvgIpc) is 3.10. The van der Waals surface area contributed by atoms with Crippen molar-refractivity contribution in [2.24, 2.45) is 0 Å². The molecule has 1 N–H and O–H groups in total. The first-order valence-electron chi connectivity index (χ1n) is 10.8. The molecule has 1 heterocycles. The molecule has 3 aromatic carbocycles. The van der Waals surface area contributed by atoms with Crippen molar-refractivity contribution in [1.82, 2.24) is 15.0 Å². The molecule has 0 aliphatic heterocycles. The zero-order valence-corrected chi connectivity index (χ0v) is 20.7. The first-order chi connectivity index (χ1) is 14.9. The van der Waals surface area contributed by atoms with E-state index >= 15 is 0 Å². The van der Waals surface area contributed by atoms with Gasteiger partial charge in [0.15, 0.2) is 0 Å². The highest BCUT2D eigenvalue weighted by molar-refractivity contribution is 6.31. The Kier molecular flexibility index (Phi) is 6.66. The van der Waals surface area contributed by atoms with Gasteiger partial charge in [-0.25, -0.2) is 0 Å². The normalized spacial score (nSPS) is 11.9. The Morgan fingerprint density at radius 1 is 0.781 bits per heavy atom. The molecule has 1 aromatic heterocycles. The zero-order chi connectivity index (χ0) is 23.7. The summed E-state index contributed by atoms with van der Waals surface area (Å²) < 4.78 is 0. The molecule has 0 radical (unpaired) electrons. The van der Waals surface area contributed by atoms with Gasteiger partial charge < -0.3 is 5.11 Å². The van der Waals surface area contributed by atoms with Gasteiger partial charge in [-0.05, 0) is 47.6 Å². The van der Waals surface area contributed by atoms with Gasteiger partial charge in [-0.3, -0.25) is 0 Å². The number of halogens is 1. The summed E-state index contributed by atoms with van der Waals surface area (Å²) in [6, 6.07) is 19.7. The van der Waals surface area contributed by atoms with Crippen LogP contribution in [-0.4, -0.2) is 20.1 Å². The van der Waals surface area contributed by atoms with E-state index in [-0.39, 0.29) is 16.6 Å². The maximum atomic E-state index is 10.9. The van der Waals surface area contributed by atoms with Crippen LogP contribution in [-0.2, 0) is 10.8 Å². The average molecular weight is 450 g/mol. The highest BCUT2D eigenvalue weighted by Crippen LogP contribution is 2.39. The summed E-state index contributed by atoms with van der Waals surface area (Å²) in [5.41, 5.74) is 5.10. The summed E-state index contributed by atoms with van der Waals surface area (Å²) in [6.07, 6.45) is 0. The smallest absolute Gasteiger partial charge is 0.146 e. The van der Waals surface area contributed by atoms with Gasteiger partial charge in [0, 0.05) is 10.6 Å². The van der Waals surface area contributed by atoms with Crippen LogP contribution in [0.1, 0.15) is 58.2 Å². The highest BCUT2D eigenvalue weighted by Gasteiger charge is 2.26. The second-order valence-electron chi connectivity index (χ2n) is 10.2. The van der Waals surface area contributed by atoms with Crippen molar-refractivity contribution in [2.45, 2.75) is 59.3 Å². The summed E-state index contributed by atoms with van der Waals surface area (Å²) in [4.78, 5) is 1.50. The van der Waals surface area contributed by atoms with Crippen molar-refractivity contribution in [3.8, 4) is 11.4 Å². The van der Waals surface area contributed by atoms with Crippen LogP contribution in [0.3, 0.4) is 0 Å². The molecule has 4 nitrogen and oxygen atoms in total. The third-order valence-electron chi connectivity index (χ3n) is 5.26. The molecule has 168 valence electrons. The fraction of sp³-hybridized carbons (Fsp3) is 0.333. The van der Waals surface area contributed by atoms with Crippen LogP contribution in [0.15, 0.2) is 60.7 Å². The summed E-state index contributed by atoms with van der Waals surface area (Å²) in [6.45, 7) is 14.8. The van der Waals surface area contributed by atoms with Crippen molar-refractivity contribution >= 4 is 22.6 Å². The minimum Gasteiger partial charge on any atom is -0.505 e. The van der Waals surface area contributed by atoms with Gasteiger partial charge in [-0.1, -0.05) is 95.1 Å². The van der Waals surface area contributed by atoms with Gasteiger partial charge in [0.25, 0.3) is 0 Å². The van der Waals surface area contributed by atoms with E-state index in [1.165, 1.54) is 10.4 Å². The third kappa shape index (κ3) is 5.49. The molecule has 4 rings (SSSR count). The quantitative estimate of drug-likeness (QED) is 0.330. The summed E-state index contributed by atoms with van der Waals surface area (Å²) >= 11 is 6.05. The number of aryl methyl sites for hydroxylation is 1. The van der Waals surface area contributed by atoms with Gasteiger partial charge in [0.05, 0.1) is 0 Å². The first kappa shape index (κ1) is 23.8. The Balaban J connectivity index is 0.000000352. The predicted molar refractivity (Wildman–Crippen MR) is 134 cm³/mol. The lowest BCUT2D eigenvalue weighted by Crippen LogP contribution is -2.18. The Bertz CT molecular complexity index is 1220. The van der Waals surface area contributed by atoms with Gasteiger partial charge in [0.2, 0.25) is 0 Å². The summed E-state index contributed by atoms with van der Waals surface area (Å²) in [5.74, 6) is 0.215. The summed E-state index contributed by atoms with van der Waals surface area (Å²) in [5, 5.41) is 20.6. The summed E-state index contributed by atoms with van der Waals surface area (Å²) in [7, 11) is 0. The van der Waals surface area contributed by atoms with Crippen molar-refractivity contribution in [2.75, 3.05) is 0 Å². The highest BCUT2D eigenvalue weighted by atomic mass is 35.5. The molecule has 4 aromatic rings. The van der Waals surface area contributed by atoms with Gasteiger partial charge >= 0.3 is 0 Å². The van der Waals surface area contributed by atoms with E-state index in [9.17, 15) is 5.11 Å². The molecule has 0 bridgehead atoms. The van der Waals surface area contributed by atoms with E-state index in [1.54, 1.807) is 12.1 Å². The van der Waals surface area contributed by atoms with E-state index in [2.05, 4.69) is 76.9 Å². The molecular formula is C27H32ClN3O. The Labute approximate surface area is 195 Å². The number of aromatic nitrogens is 3. The van der Waals surface area contributed by atoms with Crippen molar-refractivity contribution in [1.29, 1.82) is 0 Å². The lowest BCUT2D eigenvalue weighted by Gasteiger charge is -2.27. The molecule has 0 saturated carbocycles. The van der Waals surface area contributed by atoms with E-state index in [4.69, 9.17) is 11.6 Å². The molecule has 32 heavy (non-hydrogen) atoms. The number of hydrogen-bond acceptors (Lipinski definition) is 3. The monoisotopic (exact) mass is 449 g/mol. The molecule has 5 heteroatoms. The SMILES string of the molecule is CC(C)(C)c1cc(-n2nc3ccc(Cl)cc3n2)c(O)c(C(C)(C)C)c1.Cc1ccccc1. The molecule has 0 aliphatic rings. The molecule has 0 atom stereocenters. The largest absolute Gasteiger partial charge is 0.505 e. The van der Waals surface area contributed by atoms with Crippen LogP contribution < -0.4 is 0 Å². The van der Waals surface area contributed by atoms with Crippen LogP contribution in [0.2, 0.25) is 5.02 Å². The van der Waals surface area contributed by atoms with Crippen LogP contribution in [0, 0.1) is 6.92 Å². The molecule has 0 amide bonds. The number of hydrogen-bond donors (Lipinski definition) is 1. The lowest BCUT2D eigenvalue weighted by molar-refractivity contribution is 0.438. The van der Waals surface area contributed by atoms with E-state index in [1.807, 2.05) is 30.3 Å². The van der Waals surface area contributed by atoms with Crippen LogP contribution in [0.5, 0.6) is 5.75 Å². The van der Waals surface area contributed by atoms with Crippen LogP contribution >= 0.6 is 11.6 Å². The van der Waals surface area contributed by atoms with E-state index in [0.29, 0.717) is 16.2 Å². The van der Waals surface area contributed by atoms with Crippen LogP contribution in [0.25, 0.3) is 16.7 Å². The lowest BCUT2D eigenvalue weighted by atomic mass is 9.80. The molecule has 0 spiro atoms.